The first-order valence-corrected chi connectivity index (χ1v) is 9.03. The predicted molar refractivity (Wildman–Crippen MR) is 99.6 cm³/mol. The lowest BCUT2D eigenvalue weighted by Crippen LogP contribution is -2.41. The molecule has 6 heteroatoms. The number of nitrogens with zero attached hydrogens (tertiary/aromatic N) is 2. The Hall–Kier alpha value is -2.60. The number of amides is 1. The first-order valence-electron chi connectivity index (χ1n) is 9.03. The molecule has 3 aromatic rings. The van der Waals surface area contributed by atoms with Crippen LogP contribution in [-0.2, 0) is 18.3 Å². The van der Waals surface area contributed by atoms with E-state index < -0.39 is 0 Å². The van der Waals surface area contributed by atoms with Crippen LogP contribution in [0.5, 0.6) is 0 Å². The number of carbonyl (C=O) groups is 1. The van der Waals surface area contributed by atoms with Crippen LogP contribution >= 0.6 is 0 Å². The fraction of sp³-hybridized carbons (Fsp3) is 0.400. The second-order valence-corrected chi connectivity index (χ2v) is 7.33. The van der Waals surface area contributed by atoms with E-state index in [0.717, 1.165) is 27.7 Å². The number of para-hydroxylation sites is 1. The third-order valence-corrected chi connectivity index (χ3v) is 5.39. The molecule has 1 atom stereocenters. The normalized spacial score (nSPS) is 20.7. The molecule has 1 aliphatic rings. The Labute approximate surface area is 152 Å². The first kappa shape index (κ1) is 16.8. The Morgan fingerprint density at radius 1 is 1.42 bits per heavy atom. The van der Waals surface area contributed by atoms with E-state index in [0.29, 0.717) is 19.3 Å². The number of aliphatic hydroxyl groups excluding tert-OH is 1. The molecule has 26 heavy (non-hydrogen) atoms. The summed E-state index contributed by atoms with van der Waals surface area (Å²) >= 11 is 0. The number of aryl methyl sites for hydroxylation is 2. The number of carbonyl (C=O) groups excluding carboxylic acids is 1. The Bertz CT molecular complexity index is 936. The molecule has 0 unspecified atom stereocenters. The quantitative estimate of drug-likeness (QED) is 0.659. The zero-order valence-corrected chi connectivity index (χ0v) is 15.1. The van der Waals surface area contributed by atoms with Gasteiger partial charge in [-0.3, -0.25) is 9.48 Å². The zero-order chi connectivity index (χ0) is 18.3. The highest BCUT2D eigenvalue weighted by atomic mass is 16.3. The number of H-pyrrole nitrogens is 1. The molecule has 1 amide bonds. The van der Waals surface area contributed by atoms with E-state index in [9.17, 15) is 9.90 Å². The van der Waals surface area contributed by atoms with Crippen LogP contribution in [0, 0.1) is 12.8 Å². The minimum absolute atomic E-state index is 0.00639. The fourth-order valence-electron chi connectivity index (χ4n) is 3.92. The number of benzene rings is 1. The van der Waals surface area contributed by atoms with Gasteiger partial charge in [0.05, 0.1) is 24.8 Å². The lowest BCUT2D eigenvalue weighted by atomic mass is 9.75. The second-order valence-electron chi connectivity index (χ2n) is 7.33. The van der Waals surface area contributed by atoms with Crippen LogP contribution in [0.4, 0.5) is 0 Å². The smallest absolute Gasteiger partial charge is 0.225 e. The molecular weight excluding hydrogens is 328 g/mol. The lowest BCUT2D eigenvalue weighted by molar-refractivity contribution is -0.122. The zero-order valence-electron chi connectivity index (χ0n) is 15.1. The number of fused-ring (bicyclic) bond motifs is 1. The number of aromatic amines is 1. The molecule has 1 aromatic carbocycles. The van der Waals surface area contributed by atoms with Crippen LogP contribution in [-0.4, -0.2) is 31.9 Å². The molecular formula is C20H24N4O2. The molecule has 1 fully saturated rings. The molecule has 0 spiro atoms. The summed E-state index contributed by atoms with van der Waals surface area (Å²) in [5, 5.41) is 18.2. The van der Waals surface area contributed by atoms with Gasteiger partial charge < -0.3 is 15.4 Å². The SMILES string of the molecule is Cc1[nH]c2ccccc2c1CC(=O)N[C@@H](c1cnn(C)c1)C1CC(O)C1. The van der Waals surface area contributed by atoms with Gasteiger partial charge in [0.15, 0.2) is 0 Å². The largest absolute Gasteiger partial charge is 0.393 e. The highest BCUT2D eigenvalue weighted by Gasteiger charge is 2.36. The molecule has 4 rings (SSSR count). The number of hydrogen-bond acceptors (Lipinski definition) is 3. The third kappa shape index (κ3) is 3.12. The highest BCUT2D eigenvalue weighted by molar-refractivity contribution is 5.90. The van der Waals surface area contributed by atoms with E-state index in [4.69, 9.17) is 0 Å². The van der Waals surface area contributed by atoms with Gasteiger partial charge in [0.25, 0.3) is 0 Å². The maximum absolute atomic E-state index is 12.8. The van der Waals surface area contributed by atoms with Crippen molar-refractivity contribution in [3.8, 4) is 0 Å². The number of aliphatic hydroxyl groups is 1. The van der Waals surface area contributed by atoms with Gasteiger partial charge in [-0.1, -0.05) is 18.2 Å². The Kier molecular flexibility index (Phi) is 4.28. The van der Waals surface area contributed by atoms with Gasteiger partial charge in [-0.25, -0.2) is 0 Å². The monoisotopic (exact) mass is 352 g/mol. The molecule has 0 bridgehead atoms. The molecule has 2 heterocycles. The molecule has 0 saturated heterocycles. The van der Waals surface area contributed by atoms with E-state index in [-0.39, 0.29) is 24.0 Å². The molecule has 6 nitrogen and oxygen atoms in total. The van der Waals surface area contributed by atoms with E-state index in [2.05, 4.69) is 15.4 Å². The average Bonchev–Trinajstić information content (AvgIpc) is 3.14. The van der Waals surface area contributed by atoms with Gasteiger partial charge >= 0.3 is 0 Å². The molecule has 3 N–H and O–H groups in total. The Balaban J connectivity index is 1.53. The summed E-state index contributed by atoms with van der Waals surface area (Å²) in [6, 6.07) is 7.94. The van der Waals surface area contributed by atoms with Crippen molar-refractivity contribution in [1.29, 1.82) is 0 Å². The van der Waals surface area contributed by atoms with Crippen molar-refractivity contribution in [1.82, 2.24) is 20.1 Å². The van der Waals surface area contributed by atoms with Crippen molar-refractivity contribution < 1.29 is 9.90 Å². The maximum Gasteiger partial charge on any atom is 0.225 e. The van der Waals surface area contributed by atoms with Crippen LogP contribution in [0.25, 0.3) is 10.9 Å². The predicted octanol–water partition coefficient (Wildman–Crippen LogP) is 2.38. The minimum atomic E-state index is -0.257. The number of aromatic nitrogens is 3. The maximum atomic E-state index is 12.8. The molecule has 1 saturated carbocycles. The van der Waals surface area contributed by atoms with Gasteiger partial charge in [-0.2, -0.15) is 5.10 Å². The number of nitrogens with one attached hydrogen (secondary N) is 2. The lowest BCUT2D eigenvalue weighted by Gasteiger charge is -2.37. The summed E-state index contributed by atoms with van der Waals surface area (Å²) < 4.78 is 1.74. The van der Waals surface area contributed by atoms with Crippen LogP contribution in [0.3, 0.4) is 0 Å². The molecule has 0 radical (unpaired) electrons. The van der Waals surface area contributed by atoms with Crippen molar-refractivity contribution in [2.24, 2.45) is 13.0 Å². The van der Waals surface area contributed by atoms with E-state index in [1.165, 1.54) is 0 Å². The number of rotatable bonds is 5. The first-order chi connectivity index (χ1) is 12.5. The van der Waals surface area contributed by atoms with Crippen LogP contribution in [0.1, 0.15) is 35.7 Å². The molecule has 1 aliphatic carbocycles. The third-order valence-electron chi connectivity index (χ3n) is 5.39. The molecule has 0 aliphatic heterocycles. The summed E-state index contributed by atoms with van der Waals surface area (Å²) in [7, 11) is 1.87. The van der Waals surface area contributed by atoms with Crippen LogP contribution < -0.4 is 5.32 Å². The summed E-state index contributed by atoms with van der Waals surface area (Å²) in [6.07, 6.45) is 5.24. The summed E-state index contributed by atoms with van der Waals surface area (Å²) in [5.41, 5.74) is 4.11. The van der Waals surface area contributed by atoms with E-state index >= 15 is 0 Å². The summed E-state index contributed by atoms with van der Waals surface area (Å²) in [6.45, 7) is 2.00. The number of hydrogen-bond donors (Lipinski definition) is 3. The summed E-state index contributed by atoms with van der Waals surface area (Å²) in [5.74, 6) is 0.246. The van der Waals surface area contributed by atoms with E-state index in [1.54, 1.807) is 10.9 Å². The van der Waals surface area contributed by atoms with Gasteiger partial charge in [-0.15, -0.1) is 0 Å². The second kappa shape index (κ2) is 6.61. The van der Waals surface area contributed by atoms with Gasteiger partial charge in [0.2, 0.25) is 5.91 Å². The highest BCUT2D eigenvalue weighted by Crippen LogP contribution is 2.38. The topological polar surface area (TPSA) is 82.9 Å². The minimum Gasteiger partial charge on any atom is -0.393 e. The van der Waals surface area contributed by atoms with Gasteiger partial charge in [0.1, 0.15) is 0 Å². The average molecular weight is 352 g/mol. The van der Waals surface area contributed by atoms with Gasteiger partial charge in [-0.05, 0) is 37.3 Å². The Morgan fingerprint density at radius 3 is 2.88 bits per heavy atom. The molecule has 136 valence electrons. The summed E-state index contributed by atoms with van der Waals surface area (Å²) in [4.78, 5) is 16.2. The Morgan fingerprint density at radius 2 is 2.19 bits per heavy atom. The van der Waals surface area contributed by atoms with Crippen LogP contribution in [0.15, 0.2) is 36.7 Å². The van der Waals surface area contributed by atoms with Crippen molar-refractivity contribution in [2.45, 2.75) is 38.3 Å². The molecule has 2 aromatic heterocycles. The van der Waals surface area contributed by atoms with Crippen molar-refractivity contribution in [3.05, 3.63) is 53.5 Å². The van der Waals surface area contributed by atoms with Crippen molar-refractivity contribution in [3.63, 3.8) is 0 Å². The van der Waals surface area contributed by atoms with Crippen LogP contribution in [0.2, 0.25) is 0 Å². The van der Waals surface area contributed by atoms with Crippen molar-refractivity contribution in [2.75, 3.05) is 0 Å². The van der Waals surface area contributed by atoms with Gasteiger partial charge in [0, 0.05) is 35.4 Å². The van der Waals surface area contributed by atoms with Crippen molar-refractivity contribution >= 4 is 16.8 Å². The standard InChI is InChI=1S/C20H24N4O2/c1-12-17(16-5-3-4-6-18(16)22-12)9-19(26)23-20(13-7-15(25)8-13)14-10-21-24(2)11-14/h3-6,10-11,13,15,20,22,25H,7-9H2,1-2H3,(H,23,26)/t13?,15?,20-/m1/s1. The fourth-order valence-corrected chi connectivity index (χ4v) is 3.92. The van der Waals surface area contributed by atoms with E-state index in [1.807, 2.05) is 44.4 Å².